The summed E-state index contributed by atoms with van der Waals surface area (Å²) in [7, 11) is 0. The normalized spacial score (nSPS) is 10.9. The summed E-state index contributed by atoms with van der Waals surface area (Å²) in [5.41, 5.74) is -0.340. The SMILES string of the molecule is Cc1ccc(C(=O)NCC(=O)NCC(=O)NC(C)(C)C)s1. The molecule has 0 spiro atoms. The molecule has 3 N–H and O–H groups in total. The molecule has 6 nitrogen and oxygen atoms in total. The van der Waals surface area contributed by atoms with Gasteiger partial charge in [0.05, 0.1) is 18.0 Å². The molecule has 0 radical (unpaired) electrons. The maximum absolute atomic E-state index is 11.7. The van der Waals surface area contributed by atoms with Crippen LogP contribution in [0.25, 0.3) is 0 Å². The van der Waals surface area contributed by atoms with Crippen LogP contribution >= 0.6 is 11.3 Å². The van der Waals surface area contributed by atoms with E-state index in [1.54, 1.807) is 6.07 Å². The topological polar surface area (TPSA) is 87.3 Å². The van der Waals surface area contributed by atoms with E-state index in [4.69, 9.17) is 0 Å². The molecule has 21 heavy (non-hydrogen) atoms. The summed E-state index contributed by atoms with van der Waals surface area (Å²) in [5, 5.41) is 7.70. The van der Waals surface area contributed by atoms with Gasteiger partial charge in [0.25, 0.3) is 5.91 Å². The fourth-order valence-electron chi connectivity index (χ4n) is 1.51. The van der Waals surface area contributed by atoms with Gasteiger partial charge in [-0.2, -0.15) is 0 Å². The third kappa shape index (κ3) is 6.89. The van der Waals surface area contributed by atoms with Crippen molar-refractivity contribution in [3.05, 3.63) is 21.9 Å². The quantitative estimate of drug-likeness (QED) is 0.752. The van der Waals surface area contributed by atoms with Crippen LogP contribution in [0.5, 0.6) is 0 Å². The van der Waals surface area contributed by atoms with Crippen LogP contribution in [0.1, 0.15) is 35.3 Å². The van der Waals surface area contributed by atoms with Crippen LogP contribution in [0, 0.1) is 6.92 Å². The van der Waals surface area contributed by atoms with Gasteiger partial charge in [0.1, 0.15) is 0 Å². The molecule has 0 saturated carbocycles. The lowest BCUT2D eigenvalue weighted by molar-refractivity contribution is -0.126. The first-order valence-corrected chi connectivity index (χ1v) is 7.41. The first-order chi connectivity index (χ1) is 9.67. The Morgan fingerprint density at radius 2 is 1.67 bits per heavy atom. The van der Waals surface area contributed by atoms with Crippen LogP contribution in [0.2, 0.25) is 0 Å². The van der Waals surface area contributed by atoms with E-state index >= 15 is 0 Å². The fraction of sp³-hybridized carbons (Fsp3) is 0.500. The molecule has 0 atom stereocenters. The van der Waals surface area contributed by atoms with Crippen LogP contribution in [0.4, 0.5) is 0 Å². The lowest BCUT2D eigenvalue weighted by Crippen LogP contribution is -2.47. The number of aryl methyl sites for hydroxylation is 1. The molecule has 0 saturated heterocycles. The molecule has 7 heteroatoms. The zero-order chi connectivity index (χ0) is 16.0. The average molecular weight is 311 g/mol. The number of amides is 3. The van der Waals surface area contributed by atoms with Gasteiger partial charge < -0.3 is 16.0 Å². The lowest BCUT2D eigenvalue weighted by atomic mass is 10.1. The number of nitrogens with one attached hydrogen (secondary N) is 3. The lowest BCUT2D eigenvalue weighted by Gasteiger charge is -2.20. The molecule has 116 valence electrons. The number of carbonyl (C=O) groups is 3. The number of rotatable bonds is 5. The minimum absolute atomic E-state index is 0.107. The zero-order valence-electron chi connectivity index (χ0n) is 12.7. The van der Waals surface area contributed by atoms with Gasteiger partial charge in [0.2, 0.25) is 11.8 Å². The van der Waals surface area contributed by atoms with Crippen LogP contribution in [-0.4, -0.2) is 36.3 Å². The molecule has 0 aliphatic heterocycles. The van der Waals surface area contributed by atoms with Crippen LogP contribution in [0.3, 0.4) is 0 Å². The minimum Gasteiger partial charge on any atom is -0.350 e. The second-order valence-electron chi connectivity index (χ2n) is 5.67. The van der Waals surface area contributed by atoms with Crippen molar-refractivity contribution in [1.82, 2.24) is 16.0 Å². The second-order valence-corrected chi connectivity index (χ2v) is 6.96. The van der Waals surface area contributed by atoms with Crippen molar-refractivity contribution >= 4 is 29.1 Å². The molecule has 1 aromatic rings. The van der Waals surface area contributed by atoms with E-state index in [1.165, 1.54) is 11.3 Å². The third-order valence-corrected chi connectivity index (χ3v) is 3.33. The summed E-state index contributed by atoms with van der Waals surface area (Å²) in [5.74, 6) is -0.959. The van der Waals surface area contributed by atoms with Crippen molar-refractivity contribution in [2.75, 3.05) is 13.1 Å². The standard InChI is InChI=1S/C14H21N3O3S/c1-9-5-6-10(21-9)13(20)16-7-11(18)15-8-12(19)17-14(2,3)4/h5-6H,7-8H2,1-4H3,(H,15,18)(H,16,20)(H,17,19). The molecule has 0 fully saturated rings. The van der Waals surface area contributed by atoms with Gasteiger partial charge in [-0.3, -0.25) is 14.4 Å². The van der Waals surface area contributed by atoms with Gasteiger partial charge in [0, 0.05) is 10.4 Å². The van der Waals surface area contributed by atoms with Gasteiger partial charge in [-0.1, -0.05) is 0 Å². The van der Waals surface area contributed by atoms with Gasteiger partial charge in [-0.05, 0) is 39.8 Å². The Balaban J connectivity index is 2.28. The smallest absolute Gasteiger partial charge is 0.261 e. The molecule has 3 amide bonds. The number of hydrogen-bond acceptors (Lipinski definition) is 4. The number of carbonyl (C=O) groups excluding carboxylic acids is 3. The maximum atomic E-state index is 11.7. The fourth-order valence-corrected chi connectivity index (χ4v) is 2.29. The molecular weight excluding hydrogens is 290 g/mol. The summed E-state index contributed by atoms with van der Waals surface area (Å²) in [4.78, 5) is 36.4. The summed E-state index contributed by atoms with van der Waals surface area (Å²) in [6.45, 7) is 7.21. The van der Waals surface area contributed by atoms with Crippen LogP contribution in [-0.2, 0) is 9.59 Å². The molecule has 0 aromatic carbocycles. The Morgan fingerprint density at radius 3 is 2.19 bits per heavy atom. The molecule has 0 aliphatic rings. The molecule has 0 aliphatic carbocycles. The van der Waals surface area contributed by atoms with Gasteiger partial charge in [-0.25, -0.2) is 0 Å². The highest BCUT2D eigenvalue weighted by atomic mass is 32.1. The van der Waals surface area contributed by atoms with Crippen molar-refractivity contribution in [2.24, 2.45) is 0 Å². The van der Waals surface area contributed by atoms with E-state index in [1.807, 2.05) is 33.8 Å². The third-order valence-electron chi connectivity index (χ3n) is 2.33. The average Bonchev–Trinajstić information content (AvgIpc) is 2.78. The zero-order valence-corrected chi connectivity index (χ0v) is 13.5. The second kappa shape index (κ2) is 7.21. The maximum Gasteiger partial charge on any atom is 0.261 e. The summed E-state index contributed by atoms with van der Waals surface area (Å²) in [6.07, 6.45) is 0. The minimum atomic E-state index is -0.402. The van der Waals surface area contributed by atoms with Gasteiger partial charge in [0.15, 0.2) is 0 Å². The van der Waals surface area contributed by atoms with E-state index in [0.29, 0.717) is 4.88 Å². The number of hydrogen-bond donors (Lipinski definition) is 3. The van der Waals surface area contributed by atoms with Crippen molar-refractivity contribution in [3.8, 4) is 0 Å². The van der Waals surface area contributed by atoms with Crippen molar-refractivity contribution in [1.29, 1.82) is 0 Å². The summed E-state index contributed by atoms with van der Waals surface area (Å²) >= 11 is 1.36. The van der Waals surface area contributed by atoms with E-state index < -0.39 is 5.91 Å². The first kappa shape index (κ1) is 17.2. The van der Waals surface area contributed by atoms with Crippen LogP contribution < -0.4 is 16.0 Å². The first-order valence-electron chi connectivity index (χ1n) is 6.60. The summed E-state index contributed by atoms with van der Waals surface area (Å²) in [6, 6.07) is 3.56. The predicted octanol–water partition coefficient (Wildman–Crippen LogP) is 0.817. The van der Waals surface area contributed by atoms with Crippen molar-refractivity contribution in [2.45, 2.75) is 33.2 Å². The number of thiophene rings is 1. The highest BCUT2D eigenvalue weighted by Crippen LogP contribution is 2.14. The van der Waals surface area contributed by atoms with E-state index in [2.05, 4.69) is 16.0 Å². The molecular formula is C14H21N3O3S. The van der Waals surface area contributed by atoms with E-state index in [-0.39, 0.29) is 30.4 Å². The Labute approximate surface area is 128 Å². The van der Waals surface area contributed by atoms with E-state index in [0.717, 1.165) is 4.88 Å². The monoisotopic (exact) mass is 311 g/mol. The highest BCUT2D eigenvalue weighted by Gasteiger charge is 2.14. The Kier molecular flexibility index (Phi) is 5.90. The summed E-state index contributed by atoms with van der Waals surface area (Å²) < 4.78 is 0. The Hall–Kier alpha value is -1.89. The largest absolute Gasteiger partial charge is 0.350 e. The van der Waals surface area contributed by atoms with Crippen molar-refractivity contribution < 1.29 is 14.4 Å². The molecule has 1 rings (SSSR count). The van der Waals surface area contributed by atoms with Gasteiger partial charge in [-0.15, -0.1) is 11.3 Å². The molecule has 0 bridgehead atoms. The molecule has 0 unspecified atom stereocenters. The van der Waals surface area contributed by atoms with E-state index in [9.17, 15) is 14.4 Å². The molecule has 1 aromatic heterocycles. The Bertz CT molecular complexity index is 532. The van der Waals surface area contributed by atoms with Crippen molar-refractivity contribution in [3.63, 3.8) is 0 Å². The Morgan fingerprint density at radius 1 is 1.05 bits per heavy atom. The van der Waals surface area contributed by atoms with Crippen LogP contribution in [0.15, 0.2) is 12.1 Å². The highest BCUT2D eigenvalue weighted by molar-refractivity contribution is 7.13. The van der Waals surface area contributed by atoms with Gasteiger partial charge >= 0.3 is 0 Å². The predicted molar refractivity (Wildman–Crippen MR) is 82.3 cm³/mol. The molecule has 1 heterocycles.